The molecule has 19 heavy (non-hydrogen) atoms. The van der Waals surface area contributed by atoms with Crippen LogP contribution >= 0.6 is 15.9 Å². The molecular formula is C14H22BrN3O. The fourth-order valence-electron chi connectivity index (χ4n) is 2.74. The van der Waals surface area contributed by atoms with Gasteiger partial charge < -0.3 is 14.4 Å². The molecule has 0 saturated carbocycles. The fourth-order valence-corrected chi connectivity index (χ4v) is 3.27. The third-order valence-corrected chi connectivity index (χ3v) is 4.26. The highest BCUT2D eigenvalue weighted by Crippen LogP contribution is 2.19. The second-order valence-electron chi connectivity index (χ2n) is 5.33. The topological polar surface area (TPSA) is 28.5 Å². The van der Waals surface area contributed by atoms with Crippen molar-refractivity contribution in [2.24, 2.45) is 7.05 Å². The molecule has 1 aliphatic heterocycles. The van der Waals surface area contributed by atoms with E-state index < -0.39 is 0 Å². The second-order valence-corrected chi connectivity index (χ2v) is 6.25. The maximum atomic E-state index is 12.7. The molecule has 2 heterocycles. The van der Waals surface area contributed by atoms with Crippen molar-refractivity contribution in [1.82, 2.24) is 14.4 Å². The summed E-state index contributed by atoms with van der Waals surface area (Å²) in [7, 11) is 4.05. The number of hydrogen-bond donors (Lipinski definition) is 0. The smallest absolute Gasteiger partial charge is 0.270 e. The molecule has 0 aliphatic carbocycles. The number of rotatable bonds is 2. The van der Waals surface area contributed by atoms with E-state index in [-0.39, 0.29) is 5.91 Å². The molecule has 1 fully saturated rings. The van der Waals surface area contributed by atoms with Crippen LogP contribution in [0.1, 0.15) is 30.3 Å². The molecule has 1 aliphatic rings. The van der Waals surface area contributed by atoms with Crippen LogP contribution in [0, 0.1) is 0 Å². The summed E-state index contributed by atoms with van der Waals surface area (Å²) in [5.41, 5.74) is 0.759. The van der Waals surface area contributed by atoms with Gasteiger partial charge in [-0.1, -0.05) is 6.92 Å². The van der Waals surface area contributed by atoms with Gasteiger partial charge in [0.05, 0.1) is 0 Å². The molecule has 5 heteroatoms. The molecule has 0 aromatic carbocycles. The van der Waals surface area contributed by atoms with Gasteiger partial charge in [-0.25, -0.2) is 0 Å². The summed E-state index contributed by atoms with van der Waals surface area (Å²) in [5, 5.41) is 0. The highest BCUT2D eigenvalue weighted by Gasteiger charge is 2.28. The molecule has 0 spiro atoms. The zero-order valence-corrected chi connectivity index (χ0v) is 13.5. The average molecular weight is 328 g/mol. The standard InChI is InChI=1S/C14H22BrN3O/c1-4-12-10-16(2)6-5-7-18(12)14(19)13-8-11(15)9-17(13)3/h8-9,12H,4-7,10H2,1-3H3. The first-order valence-electron chi connectivity index (χ1n) is 6.84. The van der Waals surface area contributed by atoms with E-state index in [0.717, 1.165) is 42.6 Å². The summed E-state index contributed by atoms with van der Waals surface area (Å²) in [5.74, 6) is 0.148. The van der Waals surface area contributed by atoms with Crippen molar-refractivity contribution in [3.63, 3.8) is 0 Å². The monoisotopic (exact) mass is 327 g/mol. The van der Waals surface area contributed by atoms with Crippen LogP contribution in [0.3, 0.4) is 0 Å². The lowest BCUT2D eigenvalue weighted by Gasteiger charge is -2.30. The lowest BCUT2D eigenvalue weighted by Crippen LogP contribution is -2.44. The Hall–Kier alpha value is -0.810. The van der Waals surface area contributed by atoms with Gasteiger partial charge in [0.25, 0.3) is 5.91 Å². The van der Waals surface area contributed by atoms with E-state index in [4.69, 9.17) is 0 Å². The lowest BCUT2D eigenvalue weighted by atomic mass is 10.1. The summed E-state index contributed by atoms with van der Waals surface area (Å²) in [6.07, 6.45) is 3.98. The van der Waals surface area contributed by atoms with Gasteiger partial charge in [-0.3, -0.25) is 4.79 Å². The number of likely N-dealkylation sites (N-methyl/N-ethyl adjacent to an activating group) is 1. The van der Waals surface area contributed by atoms with E-state index in [1.165, 1.54) is 0 Å². The molecule has 1 aromatic heterocycles. The third-order valence-electron chi connectivity index (χ3n) is 3.82. The van der Waals surface area contributed by atoms with Gasteiger partial charge in [-0.05, 0) is 48.4 Å². The number of halogens is 1. The minimum atomic E-state index is 0.148. The van der Waals surface area contributed by atoms with E-state index in [9.17, 15) is 4.79 Å². The van der Waals surface area contributed by atoms with Crippen LogP contribution in [0.5, 0.6) is 0 Å². The summed E-state index contributed by atoms with van der Waals surface area (Å²) in [4.78, 5) is 17.1. The van der Waals surface area contributed by atoms with Crippen molar-refractivity contribution in [1.29, 1.82) is 0 Å². The molecule has 0 radical (unpaired) electrons. The lowest BCUT2D eigenvalue weighted by molar-refractivity contribution is 0.0666. The Kier molecular flexibility index (Phi) is 4.68. The normalized spacial score (nSPS) is 21.5. The minimum Gasteiger partial charge on any atom is -0.345 e. The Morgan fingerprint density at radius 2 is 2.16 bits per heavy atom. The quantitative estimate of drug-likeness (QED) is 0.834. The van der Waals surface area contributed by atoms with Crippen LogP contribution in [0.15, 0.2) is 16.7 Å². The highest BCUT2D eigenvalue weighted by molar-refractivity contribution is 9.10. The predicted molar refractivity (Wildman–Crippen MR) is 80.3 cm³/mol. The molecule has 0 bridgehead atoms. The van der Waals surface area contributed by atoms with Crippen LogP contribution in [0.25, 0.3) is 0 Å². The largest absolute Gasteiger partial charge is 0.345 e. The third kappa shape index (κ3) is 3.20. The predicted octanol–water partition coefficient (Wildman–Crippen LogP) is 2.34. The van der Waals surface area contributed by atoms with Crippen molar-refractivity contribution in [2.75, 3.05) is 26.7 Å². The molecule has 1 atom stereocenters. The van der Waals surface area contributed by atoms with E-state index in [1.54, 1.807) is 0 Å². The van der Waals surface area contributed by atoms with E-state index >= 15 is 0 Å². The minimum absolute atomic E-state index is 0.148. The molecular weight excluding hydrogens is 306 g/mol. The van der Waals surface area contributed by atoms with Crippen molar-refractivity contribution in [3.8, 4) is 0 Å². The van der Waals surface area contributed by atoms with Crippen LogP contribution in [-0.4, -0.2) is 53.0 Å². The number of amides is 1. The first-order valence-corrected chi connectivity index (χ1v) is 7.63. The number of aryl methyl sites for hydroxylation is 1. The van der Waals surface area contributed by atoms with Gasteiger partial charge in [0, 0.05) is 36.8 Å². The van der Waals surface area contributed by atoms with Gasteiger partial charge in [-0.15, -0.1) is 0 Å². The molecule has 2 rings (SSSR count). The Bertz CT molecular complexity index is 458. The molecule has 1 unspecified atom stereocenters. The second kappa shape index (κ2) is 6.09. The molecule has 4 nitrogen and oxygen atoms in total. The molecule has 1 amide bonds. The van der Waals surface area contributed by atoms with E-state index in [0.29, 0.717) is 6.04 Å². The zero-order valence-electron chi connectivity index (χ0n) is 11.9. The molecule has 1 aromatic rings. The molecule has 1 saturated heterocycles. The number of carbonyl (C=O) groups excluding carboxylic acids is 1. The maximum absolute atomic E-state index is 12.7. The zero-order chi connectivity index (χ0) is 14.0. The molecule has 106 valence electrons. The van der Waals surface area contributed by atoms with Crippen molar-refractivity contribution < 1.29 is 4.79 Å². The Labute approximate surface area is 123 Å². The number of carbonyl (C=O) groups is 1. The van der Waals surface area contributed by atoms with Gasteiger partial charge in [0.15, 0.2) is 0 Å². The number of nitrogens with zero attached hydrogens (tertiary/aromatic N) is 3. The van der Waals surface area contributed by atoms with Crippen molar-refractivity contribution in [2.45, 2.75) is 25.8 Å². The van der Waals surface area contributed by atoms with E-state index in [2.05, 4.69) is 34.8 Å². The van der Waals surface area contributed by atoms with Gasteiger partial charge >= 0.3 is 0 Å². The summed E-state index contributed by atoms with van der Waals surface area (Å²) < 4.78 is 2.85. The van der Waals surface area contributed by atoms with Gasteiger partial charge in [-0.2, -0.15) is 0 Å². The summed E-state index contributed by atoms with van der Waals surface area (Å²) in [6.45, 7) is 5.04. The number of aromatic nitrogens is 1. The number of hydrogen-bond acceptors (Lipinski definition) is 2. The highest BCUT2D eigenvalue weighted by atomic mass is 79.9. The maximum Gasteiger partial charge on any atom is 0.270 e. The van der Waals surface area contributed by atoms with Gasteiger partial charge in [0.2, 0.25) is 0 Å². The SMILES string of the molecule is CCC1CN(C)CCCN1C(=O)c1cc(Br)cn1C. The van der Waals surface area contributed by atoms with Crippen molar-refractivity contribution in [3.05, 3.63) is 22.4 Å². The summed E-state index contributed by atoms with van der Waals surface area (Å²) in [6, 6.07) is 2.22. The Morgan fingerprint density at radius 3 is 2.74 bits per heavy atom. The van der Waals surface area contributed by atoms with Crippen LogP contribution in [-0.2, 0) is 7.05 Å². The first-order chi connectivity index (χ1) is 9.02. The first kappa shape index (κ1) is 14.6. The van der Waals surface area contributed by atoms with E-state index in [1.807, 2.05) is 28.8 Å². The van der Waals surface area contributed by atoms with Crippen LogP contribution < -0.4 is 0 Å². The molecule has 0 N–H and O–H groups in total. The van der Waals surface area contributed by atoms with Crippen molar-refractivity contribution >= 4 is 21.8 Å². The Morgan fingerprint density at radius 1 is 1.42 bits per heavy atom. The Balaban J connectivity index is 2.23. The summed E-state index contributed by atoms with van der Waals surface area (Å²) >= 11 is 3.43. The van der Waals surface area contributed by atoms with Crippen LogP contribution in [0.4, 0.5) is 0 Å². The average Bonchev–Trinajstić information content (AvgIpc) is 2.59. The van der Waals surface area contributed by atoms with Gasteiger partial charge in [0.1, 0.15) is 5.69 Å². The van der Waals surface area contributed by atoms with Crippen LogP contribution in [0.2, 0.25) is 0 Å². The fraction of sp³-hybridized carbons (Fsp3) is 0.643.